The summed E-state index contributed by atoms with van der Waals surface area (Å²) in [5.74, 6) is -0.993. The summed E-state index contributed by atoms with van der Waals surface area (Å²) >= 11 is 0. The summed E-state index contributed by atoms with van der Waals surface area (Å²) < 4.78 is 0. The highest BCUT2D eigenvalue weighted by molar-refractivity contribution is 6.04. The summed E-state index contributed by atoms with van der Waals surface area (Å²) in [6.07, 6.45) is 0.596. The lowest BCUT2D eigenvalue weighted by Crippen LogP contribution is -2.46. The second kappa shape index (κ2) is 5.73. The van der Waals surface area contributed by atoms with E-state index in [1.165, 1.54) is 0 Å². The van der Waals surface area contributed by atoms with Gasteiger partial charge in [0.15, 0.2) is 0 Å². The molecule has 6 nitrogen and oxygen atoms in total. The molecule has 1 heterocycles. The Bertz CT molecular complexity index is 538. The van der Waals surface area contributed by atoms with Gasteiger partial charge in [-0.2, -0.15) is 0 Å². The molecule has 0 bridgehead atoms. The number of carbonyl (C=O) groups is 3. The molecule has 1 aromatic rings. The standard InChI is InChI=1S/C14H17N3O3/c1-9-6-13(19)17(14(20)7-9)8-12(18)16-11-5-3-2-4-10(11)15/h2-5,9H,6-8,15H2,1H3,(H,16,18). The molecule has 0 aromatic heterocycles. The van der Waals surface area contributed by atoms with Crippen LogP contribution in [-0.2, 0) is 14.4 Å². The summed E-state index contributed by atoms with van der Waals surface area (Å²) in [7, 11) is 0. The first-order valence-electron chi connectivity index (χ1n) is 6.45. The average molecular weight is 275 g/mol. The molecule has 20 heavy (non-hydrogen) atoms. The van der Waals surface area contributed by atoms with E-state index in [1.54, 1.807) is 24.3 Å². The minimum atomic E-state index is -0.431. The molecule has 1 aromatic carbocycles. The van der Waals surface area contributed by atoms with Gasteiger partial charge < -0.3 is 11.1 Å². The maximum absolute atomic E-state index is 11.9. The first kappa shape index (κ1) is 14.0. The molecular weight excluding hydrogens is 258 g/mol. The van der Waals surface area contributed by atoms with Crippen molar-refractivity contribution in [2.24, 2.45) is 5.92 Å². The minimum absolute atomic E-state index is 0.0408. The monoisotopic (exact) mass is 275 g/mol. The fraction of sp³-hybridized carbons (Fsp3) is 0.357. The molecular formula is C14H17N3O3. The Morgan fingerprint density at radius 2 is 1.90 bits per heavy atom. The Balaban J connectivity index is 2.00. The van der Waals surface area contributed by atoms with Crippen LogP contribution in [0.25, 0.3) is 0 Å². The van der Waals surface area contributed by atoms with Crippen LogP contribution in [0.3, 0.4) is 0 Å². The van der Waals surface area contributed by atoms with E-state index >= 15 is 0 Å². The Morgan fingerprint density at radius 1 is 1.30 bits per heavy atom. The number of nitrogens with two attached hydrogens (primary N) is 1. The van der Waals surface area contributed by atoms with E-state index < -0.39 is 5.91 Å². The summed E-state index contributed by atoms with van der Waals surface area (Å²) in [6.45, 7) is 1.58. The Hall–Kier alpha value is -2.37. The summed E-state index contributed by atoms with van der Waals surface area (Å²) in [4.78, 5) is 36.4. The number of nitrogens with zero attached hydrogens (tertiary/aromatic N) is 1. The topological polar surface area (TPSA) is 92.5 Å². The van der Waals surface area contributed by atoms with Crippen molar-refractivity contribution in [3.05, 3.63) is 24.3 Å². The number of nitrogens with one attached hydrogen (secondary N) is 1. The van der Waals surface area contributed by atoms with Crippen LogP contribution in [0.2, 0.25) is 0 Å². The number of imide groups is 1. The van der Waals surface area contributed by atoms with Crippen molar-refractivity contribution in [2.45, 2.75) is 19.8 Å². The quantitative estimate of drug-likeness (QED) is 0.635. The molecule has 1 aliphatic heterocycles. The van der Waals surface area contributed by atoms with Crippen molar-refractivity contribution in [1.29, 1.82) is 0 Å². The van der Waals surface area contributed by atoms with Gasteiger partial charge in [0.1, 0.15) is 6.54 Å². The molecule has 2 rings (SSSR count). The largest absolute Gasteiger partial charge is 0.397 e. The lowest BCUT2D eigenvalue weighted by atomic mass is 9.98. The third kappa shape index (κ3) is 3.14. The maximum Gasteiger partial charge on any atom is 0.244 e. The smallest absolute Gasteiger partial charge is 0.244 e. The number of piperidine rings is 1. The van der Waals surface area contributed by atoms with Crippen LogP contribution in [0, 0.1) is 5.92 Å². The highest BCUT2D eigenvalue weighted by Crippen LogP contribution is 2.20. The molecule has 3 amide bonds. The van der Waals surface area contributed by atoms with Crippen LogP contribution in [0.4, 0.5) is 11.4 Å². The van der Waals surface area contributed by atoms with E-state index in [0.29, 0.717) is 24.2 Å². The molecule has 0 spiro atoms. The molecule has 6 heteroatoms. The molecule has 1 aliphatic rings. The zero-order chi connectivity index (χ0) is 14.7. The molecule has 1 fully saturated rings. The molecule has 0 radical (unpaired) electrons. The van der Waals surface area contributed by atoms with Crippen LogP contribution in [-0.4, -0.2) is 29.2 Å². The SMILES string of the molecule is CC1CC(=O)N(CC(=O)Nc2ccccc2N)C(=O)C1. The van der Waals surface area contributed by atoms with Gasteiger partial charge in [-0.25, -0.2) is 0 Å². The number of rotatable bonds is 3. The molecule has 0 unspecified atom stereocenters. The molecule has 106 valence electrons. The van der Waals surface area contributed by atoms with Gasteiger partial charge in [-0.3, -0.25) is 19.3 Å². The number of amides is 3. The van der Waals surface area contributed by atoms with Gasteiger partial charge in [0.05, 0.1) is 11.4 Å². The Kier molecular flexibility index (Phi) is 4.02. The van der Waals surface area contributed by atoms with Gasteiger partial charge in [0.25, 0.3) is 0 Å². The highest BCUT2D eigenvalue weighted by atomic mass is 16.2. The van der Waals surface area contributed by atoms with E-state index in [-0.39, 0.29) is 24.3 Å². The highest BCUT2D eigenvalue weighted by Gasteiger charge is 2.31. The van der Waals surface area contributed by atoms with Crippen molar-refractivity contribution < 1.29 is 14.4 Å². The van der Waals surface area contributed by atoms with Gasteiger partial charge in [-0.15, -0.1) is 0 Å². The van der Waals surface area contributed by atoms with Crippen molar-refractivity contribution in [2.75, 3.05) is 17.6 Å². The number of anilines is 2. The number of para-hydroxylation sites is 2. The zero-order valence-corrected chi connectivity index (χ0v) is 11.3. The fourth-order valence-corrected chi connectivity index (χ4v) is 2.15. The van der Waals surface area contributed by atoms with Crippen molar-refractivity contribution in [3.8, 4) is 0 Å². The number of nitrogen functional groups attached to an aromatic ring is 1. The van der Waals surface area contributed by atoms with E-state index in [0.717, 1.165) is 4.90 Å². The zero-order valence-electron chi connectivity index (χ0n) is 11.3. The van der Waals surface area contributed by atoms with Crippen molar-refractivity contribution in [3.63, 3.8) is 0 Å². The Morgan fingerprint density at radius 3 is 2.50 bits per heavy atom. The van der Waals surface area contributed by atoms with Crippen LogP contribution in [0.15, 0.2) is 24.3 Å². The number of benzene rings is 1. The second-order valence-electron chi connectivity index (χ2n) is 5.02. The summed E-state index contributed by atoms with van der Waals surface area (Å²) in [5, 5.41) is 2.60. The molecule has 0 aliphatic carbocycles. The van der Waals surface area contributed by atoms with Gasteiger partial charge >= 0.3 is 0 Å². The maximum atomic E-state index is 11.9. The predicted octanol–water partition coefficient (Wildman–Crippen LogP) is 0.992. The number of carbonyl (C=O) groups excluding carboxylic acids is 3. The normalized spacial score (nSPS) is 16.4. The summed E-state index contributed by atoms with van der Waals surface area (Å²) in [5.41, 5.74) is 6.62. The van der Waals surface area contributed by atoms with Gasteiger partial charge in [0.2, 0.25) is 17.7 Å². The number of hydrogen-bond acceptors (Lipinski definition) is 4. The lowest BCUT2D eigenvalue weighted by Gasteiger charge is -2.27. The third-order valence-corrected chi connectivity index (χ3v) is 3.18. The molecule has 0 saturated carbocycles. The van der Waals surface area contributed by atoms with Crippen LogP contribution in [0.5, 0.6) is 0 Å². The van der Waals surface area contributed by atoms with Crippen molar-refractivity contribution in [1.82, 2.24) is 4.90 Å². The number of likely N-dealkylation sites (tertiary alicyclic amines) is 1. The van der Waals surface area contributed by atoms with Gasteiger partial charge in [-0.1, -0.05) is 19.1 Å². The second-order valence-corrected chi connectivity index (χ2v) is 5.02. The van der Waals surface area contributed by atoms with Crippen LogP contribution >= 0.6 is 0 Å². The third-order valence-electron chi connectivity index (χ3n) is 3.18. The average Bonchev–Trinajstić information content (AvgIpc) is 2.36. The van der Waals surface area contributed by atoms with Crippen molar-refractivity contribution >= 4 is 29.1 Å². The van der Waals surface area contributed by atoms with Crippen LogP contribution in [0.1, 0.15) is 19.8 Å². The van der Waals surface area contributed by atoms with E-state index in [1.807, 2.05) is 6.92 Å². The first-order valence-corrected chi connectivity index (χ1v) is 6.45. The van der Waals surface area contributed by atoms with E-state index in [4.69, 9.17) is 5.73 Å². The number of hydrogen-bond donors (Lipinski definition) is 2. The Labute approximate surface area is 116 Å². The molecule has 1 saturated heterocycles. The minimum Gasteiger partial charge on any atom is -0.397 e. The predicted molar refractivity (Wildman–Crippen MR) is 74.6 cm³/mol. The molecule has 0 atom stereocenters. The van der Waals surface area contributed by atoms with Gasteiger partial charge in [0, 0.05) is 12.8 Å². The first-order chi connectivity index (χ1) is 9.47. The lowest BCUT2D eigenvalue weighted by molar-refractivity contribution is -0.151. The van der Waals surface area contributed by atoms with Crippen LogP contribution < -0.4 is 11.1 Å². The molecule has 3 N–H and O–H groups in total. The summed E-state index contributed by atoms with van der Waals surface area (Å²) in [6, 6.07) is 6.82. The fourth-order valence-electron chi connectivity index (χ4n) is 2.15. The van der Waals surface area contributed by atoms with E-state index in [9.17, 15) is 14.4 Å². The van der Waals surface area contributed by atoms with E-state index in [2.05, 4.69) is 5.32 Å². The van der Waals surface area contributed by atoms with Gasteiger partial charge in [-0.05, 0) is 18.1 Å².